The summed E-state index contributed by atoms with van der Waals surface area (Å²) in [5.74, 6) is 0.419. The quantitative estimate of drug-likeness (QED) is 0.511. The Labute approximate surface area is 174 Å². The summed E-state index contributed by atoms with van der Waals surface area (Å²) >= 11 is 7.62. The summed E-state index contributed by atoms with van der Waals surface area (Å²) in [6, 6.07) is 17.7. The van der Waals surface area contributed by atoms with E-state index in [-0.39, 0.29) is 12.4 Å². The van der Waals surface area contributed by atoms with Crippen LogP contribution in [0.5, 0.6) is 5.75 Å². The van der Waals surface area contributed by atoms with Crippen LogP contribution in [0.25, 0.3) is 0 Å². The molecular formula is C22H23ClFNO2S. The summed E-state index contributed by atoms with van der Waals surface area (Å²) in [7, 11) is 0. The third-order valence-electron chi connectivity index (χ3n) is 4.22. The number of ether oxygens (including phenoxy) is 1. The minimum atomic E-state index is -0.655. The molecule has 1 atom stereocenters. The first kappa shape index (κ1) is 20.8. The van der Waals surface area contributed by atoms with Crippen LogP contribution in [0.4, 0.5) is 4.39 Å². The number of halogens is 2. The highest BCUT2D eigenvalue weighted by atomic mass is 35.5. The van der Waals surface area contributed by atoms with Crippen molar-refractivity contribution in [2.75, 3.05) is 13.2 Å². The van der Waals surface area contributed by atoms with Gasteiger partial charge in [-0.25, -0.2) is 4.39 Å². The first-order chi connectivity index (χ1) is 13.5. The maximum absolute atomic E-state index is 13.2. The Morgan fingerprint density at radius 1 is 1.04 bits per heavy atom. The van der Waals surface area contributed by atoms with E-state index in [1.807, 2.05) is 0 Å². The monoisotopic (exact) mass is 419 g/mol. The molecule has 0 fully saturated rings. The van der Waals surface area contributed by atoms with E-state index >= 15 is 0 Å². The van der Waals surface area contributed by atoms with Gasteiger partial charge in [-0.3, -0.25) is 4.90 Å². The Hall–Kier alpha value is -1.92. The lowest BCUT2D eigenvalue weighted by atomic mass is 10.2. The van der Waals surface area contributed by atoms with Gasteiger partial charge in [0.1, 0.15) is 24.3 Å². The Balaban J connectivity index is 1.61. The van der Waals surface area contributed by atoms with Gasteiger partial charge < -0.3 is 9.84 Å². The van der Waals surface area contributed by atoms with Gasteiger partial charge in [0.25, 0.3) is 0 Å². The number of nitrogens with zero attached hydrogens (tertiary/aromatic N) is 1. The summed E-state index contributed by atoms with van der Waals surface area (Å²) in [6.07, 6.45) is -0.655. The molecule has 3 nitrogen and oxygen atoms in total. The molecule has 0 aliphatic carbocycles. The molecule has 6 heteroatoms. The lowest BCUT2D eigenvalue weighted by molar-refractivity contribution is 0.0632. The van der Waals surface area contributed by atoms with Crippen molar-refractivity contribution in [3.05, 3.63) is 86.8 Å². The van der Waals surface area contributed by atoms with Crippen molar-refractivity contribution in [2.24, 2.45) is 0 Å². The molecule has 0 amide bonds. The second kappa shape index (κ2) is 10.0. The fourth-order valence-electron chi connectivity index (χ4n) is 2.90. The maximum Gasteiger partial charge on any atom is 0.123 e. The van der Waals surface area contributed by atoms with E-state index in [1.54, 1.807) is 47.7 Å². The average Bonchev–Trinajstić information content (AvgIpc) is 3.08. The van der Waals surface area contributed by atoms with Crippen LogP contribution in [0, 0.1) is 12.7 Å². The number of rotatable bonds is 9. The Morgan fingerprint density at radius 3 is 2.39 bits per heavy atom. The molecule has 0 spiro atoms. The molecular weight excluding hydrogens is 397 g/mol. The van der Waals surface area contributed by atoms with E-state index in [2.05, 4.69) is 24.0 Å². The molecule has 0 radical (unpaired) electrons. The average molecular weight is 420 g/mol. The predicted octanol–water partition coefficient (Wildman–Crippen LogP) is 5.29. The van der Waals surface area contributed by atoms with Crippen LogP contribution in [0.3, 0.4) is 0 Å². The number of aliphatic hydroxyl groups excluding tert-OH is 1. The largest absolute Gasteiger partial charge is 0.491 e. The summed E-state index contributed by atoms with van der Waals surface area (Å²) in [6.45, 7) is 4.04. The molecule has 0 aliphatic rings. The van der Waals surface area contributed by atoms with E-state index in [1.165, 1.54) is 21.9 Å². The number of hydrogen-bond acceptors (Lipinski definition) is 4. The summed E-state index contributed by atoms with van der Waals surface area (Å²) in [4.78, 5) is 4.63. The highest BCUT2D eigenvalue weighted by molar-refractivity contribution is 7.11. The standard InChI is InChI=1S/C22H23ClFNO2S/c1-16-2-11-22(28-16)14-25(12-17-3-7-19(24)8-4-17)13-20(26)15-27-21-9-5-18(23)6-10-21/h2-11,20,26H,12-15H2,1H3/t20-/m0/s1. The molecule has 0 aliphatic heterocycles. The number of aryl methyl sites for hydroxylation is 1. The van der Waals surface area contributed by atoms with Gasteiger partial charge in [-0.1, -0.05) is 23.7 Å². The summed E-state index contributed by atoms with van der Waals surface area (Å²) < 4.78 is 18.9. The van der Waals surface area contributed by atoms with Gasteiger partial charge in [0, 0.05) is 34.4 Å². The minimum Gasteiger partial charge on any atom is -0.491 e. The molecule has 148 valence electrons. The zero-order valence-electron chi connectivity index (χ0n) is 15.6. The zero-order valence-corrected chi connectivity index (χ0v) is 17.2. The van der Waals surface area contributed by atoms with E-state index < -0.39 is 6.10 Å². The van der Waals surface area contributed by atoms with Gasteiger partial charge in [0.2, 0.25) is 0 Å². The molecule has 0 unspecified atom stereocenters. The van der Waals surface area contributed by atoms with Crippen molar-refractivity contribution in [2.45, 2.75) is 26.1 Å². The van der Waals surface area contributed by atoms with Crippen LogP contribution >= 0.6 is 22.9 Å². The molecule has 0 saturated heterocycles. The van der Waals surface area contributed by atoms with Gasteiger partial charge in [-0.15, -0.1) is 11.3 Å². The van der Waals surface area contributed by atoms with Crippen LogP contribution in [0.2, 0.25) is 5.02 Å². The highest BCUT2D eigenvalue weighted by Crippen LogP contribution is 2.20. The van der Waals surface area contributed by atoms with Gasteiger partial charge in [0.15, 0.2) is 0 Å². The van der Waals surface area contributed by atoms with Crippen LogP contribution in [-0.2, 0) is 13.1 Å². The Morgan fingerprint density at radius 2 is 1.75 bits per heavy atom. The van der Waals surface area contributed by atoms with Gasteiger partial charge >= 0.3 is 0 Å². The number of benzene rings is 2. The molecule has 0 saturated carbocycles. The molecule has 1 N–H and O–H groups in total. The van der Waals surface area contributed by atoms with Crippen LogP contribution < -0.4 is 4.74 Å². The molecule has 1 heterocycles. The van der Waals surface area contributed by atoms with Crippen LogP contribution in [0.1, 0.15) is 15.3 Å². The molecule has 28 heavy (non-hydrogen) atoms. The van der Waals surface area contributed by atoms with Crippen molar-refractivity contribution >= 4 is 22.9 Å². The topological polar surface area (TPSA) is 32.7 Å². The van der Waals surface area contributed by atoms with Crippen molar-refractivity contribution in [1.82, 2.24) is 4.90 Å². The lowest BCUT2D eigenvalue weighted by Gasteiger charge is -2.25. The number of thiophene rings is 1. The molecule has 1 aromatic heterocycles. The second-order valence-corrected chi connectivity index (χ2v) is 8.54. The minimum absolute atomic E-state index is 0.186. The van der Waals surface area contributed by atoms with Crippen molar-refractivity contribution in [1.29, 1.82) is 0 Å². The second-order valence-electron chi connectivity index (χ2n) is 6.73. The summed E-state index contributed by atoms with van der Waals surface area (Å²) in [5, 5.41) is 11.1. The van der Waals surface area contributed by atoms with Gasteiger partial charge in [-0.05, 0) is 61.0 Å². The molecule has 2 aromatic carbocycles. The molecule has 0 bridgehead atoms. The zero-order chi connectivity index (χ0) is 19.9. The fourth-order valence-corrected chi connectivity index (χ4v) is 3.96. The Kier molecular flexibility index (Phi) is 7.45. The lowest BCUT2D eigenvalue weighted by Crippen LogP contribution is -2.34. The smallest absolute Gasteiger partial charge is 0.123 e. The number of aliphatic hydroxyl groups is 1. The van der Waals surface area contributed by atoms with E-state index in [0.717, 1.165) is 5.56 Å². The van der Waals surface area contributed by atoms with E-state index in [0.29, 0.717) is 30.4 Å². The van der Waals surface area contributed by atoms with Crippen molar-refractivity contribution in [3.8, 4) is 5.75 Å². The van der Waals surface area contributed by atoms with E-state index in [9.17, 15) is 9.50 Å². The normalized spacial score (nSPS) is 12.3. The predicted molar refractivity (Wildman–Crippen MR) is 113 cm³/mol. The van der Waals surface area contributed by atoms with Crippen molar-refractivity contribution in [3.63, 3.8) is 0 Å². The highest BCUT2D eigenvalue weighted by Gasteiger charge is 2.15. The maximum atomic E-state index is 13.2. The van der Waals surface area contributed by atoms with Crippen LogP contribution in [0.15, 0.2) is 60.7 Å². The third-order valence-corrected chi connectivity index (χ3v) is 5.46. The van der Waals surface area contributed by atoms with Crippen molar-refractivity contribution < 1.29 is 14.2 Å². The Bertz CT molecular complexity index is 867. The summed E-state index contributed by atoms with van der Waals surface area (Å²) in [5.41, 5.74) is 1.00. The first-order valence-electron chi connectivity index (χ1n) is 9.06. The third kappa shape index (κ3) is 6.60. The fraction of sp³-hybridized carbons (Fsp3) is 0.273. The first-order valence-corrected chi connectivity index (χ1v) is 10.3. The van der Waals surface area contributed by atoms with Gasteiger partial charge in [-0.2, -0.15) is 0 Å². The molecule has 3 rings (SSSR count). The number of hydrogen-bond donors (Lipinski definition) is 1. The van der Waals surface area contributed by atoms with Crippen LogP contribution in [-0.4, -0.2) is 29.3 Å². The van der Waals surface area contributed by atoms with Gasteiger partial charge in [0.05, 0.1) is 0 Å². The SMILES string of the molecule is Cc1ccc(CN(Cc2ccc(F)cc2)C[C@H](O)COc2ccc(Cl)cc2)s1. The molecule has 3 aromatic rings. The van der Waals surface area contributed by atoms with E-state index in [4.69, 9.17) is 16.3 Å².